The molecule has 32 heavy (non-hydrogen) atoms. The van der Waals surface area contributed by atoms with Crippen molar-refractivity contribution in [2.24, 2.45) is 11.8 Å². The van der Waals surface area contributed by atoms with Gasteiger partial charge < -0.3 is 15.7 Å². The van der Waals surface area contributed by atoms with E-state index in [1.807, 2.05) is 43.5 Å². The van der Waals surface area contributed by atoms with Gasteiger partial charge in [-0.3, -0.25) is 14.7 Å². The summed E-state index contributed by atoms with van der Waals surface area (Å²) in [5.74, 6) is -0.899. The number of benzene rings is 1. The Morgan fingerprint density at radius 1 is 1.22 bits per heavy atom. The van der Waals surface area contributed by atoms with Crippen LogP contribution in [0, 0.1) is 18.8 Å². The Balaban J connectivity index is 1.30. The second-order valence-corrected chi connectivity index (χ2v) is 8.59. The van der Waals surface area contributed by atoms with Crippen molar-refractivity contribution in [3.05, 3.63) is 54.4 Å². The molecular weight excluding hydrogens is 430 g/mol. The zero-order chi connectivity index (χ0) is 22.2. The maximum absolute atomic E-state index is 12.1. The molecule has 1 aliphatic carbocycles. The first kappa shape index (κ1) is 20.1. The van der Waals surface area contributed by atoms with E-state index in [-0.39, 0.29) is 5.91 Å². The van der Waals surface area contributed by atoms with E-state index in [1.54, 1.807) is 16.6 Å². The Kier molecular flexibility index (Phi) is 5.02. The number of aryl methyl sites for hydroxylation is 1. The Hall–Kier alpha value is -3.86. The van der Waals surface area contributed by atoms with E-state index in [0.29, 0.717) is 28.9 Å². The van der Waals surface area contributed by atoms with Gasteiger partial charge in [0.1, 0.15) is 5.52 Å². The highest BCUT2D eigenvalue weighted by Crippen LogP contribution is 2.39. The third-order valence-electron chi connectivity index (χ3n) is 5.10. The van der Waals surface area contributed by atoms with Gasteiger partial charge in [-0.2, -0.15) is 5.10 Å². The normalized spacial score (nSPS) is 17.3. The first-order chi connectivity index (χ1) is 15.5. The number of rotatable bonds is 7. The Labute approximate surface area is 186 Å². The molecule has 3 heterocycles. The van der Waals surface area contributed by atoms with Gasteiger partial charge in [-0.15, -0.1) is 5.10 Å². The first-order valence-electron chi connectivity index (χ1n) is 9.92. The monoisotopic (exact) mass is 449 g/mol. The fraction of sp³-hybridized carbons (Fsp3) is 0.190. The maximum atomic E-state index is 12.1. The number of carbonyl (C=O) groups excluding carboxylic acids is 1. The van der Waals surface area contributed by atoms with Crippen molar-refractivity contribution in [1.82, 2.24) is 24.8 Å². The van der Waals surface area contributed by atoms with Gasteiger partial charge in [-0.1, -0.05) is 0 Å². The third kappa shape index (κ3) is 4.14. The number of carboxylic acids is 1. The van der Waals surface area contributed by atoms with Crippen LogP contribution in [0.15, 0.2) is 58.7 Å². The van der Waals surface area contributed by atoms with Gasteiger partial charge in [0.25, 0.3) is 0 Å². The number of hydrogen-bond acceptors (Lipinski definition) is 7. The fourth-order valence-corrected chi connectivity index (χ4v) is 4.11. The molecule has 0 aliphatic heterocycles. The molecule has 162 valence electrons. The average molecular weight is 449 g/mol. The lowest BCUT2D eigenvalue weighted by atomic mass is 10.2. The minimum Gasteiger partial charge on any atom is -0.481 e. The predicted octanol–water partition coefficient (Wildman–Crippen LogP) is 3.31. The lowest BCUT2D eigenvalue weighted by molar-refractivity contribution is -0.139. The summed E-state index contributed by atoms with van der Waals surface area (Å²) < 4.78 is 1.75. The fourth-order valence-electron chi connectivity index (χ4n) is 3.36. The summed E-state index contributed by atoms with van der Waals surface area (Å²) in [6.07, 6.45) is 2.24. The van der Waals surface area contributed by atoms with E-state index in [2.05, 4.69) is 30.9 Å². The zero-order valence-electron chi connectivity index (χ0n) is 16.9. The standard InChI is InChI=1S/C21H19N7O3S/c1-11-9-17(26-25-11)23-18-16-3-2-8-28(16)27-21(24-18)32-13-6-4-12(5-7-13)22-19(29)14-10-15(14)20(30)31/h2-9,14-15H,10H2,1H3,(H,22,29)(H,30,31)(H2,23,24,25,26,27)/t14-,15+/m1/s1. The molecule has 4 N–H and O–H groups in total. The van der Waals surface area contributed by atoms with E-state index < -0.39 is 17.8 Å². The highest BCUT2D eigenvalue weighted by molar-refractivity contribution is 7.99. The van der Waals surface area contributed by atoms with Gasteiger partial charge in [0.15, 0.2) is 11.6 Å². The largest absolute Gasteiger partial charge is 0.481 e. The summed E-state index contributed by atoms with van der Waals surface area (Å²) >= 11 is 1.38. The highest BCUT2D eigenvalue weighted by atomic mass is 32.2. The second kappa shape index (κ2) is 8.00. The lowest BCUT2D eigenvalue weighted by Crippen LogP contribution is -2.16. The molecule has 2 atom stereocenters. The molecule has 10 nitrogen and oxygen atoms in total. The summed E-state index contributed by atoms with van der Waals surface area (Å²) in [4.78, 5) is 28.6. The van der Waals surface area contributed by atoms with E-state index in [9.17, 15) is 9.59 Å². The molecule has 1 aromatic carbocycles. The molecule has 11 heteroatoms. The molecule has 0 spiro atoms. The van der Waals surface area contributed by atoms with Gasteiger partial charge >= 0.3 is 5.97 Å². The number of nitrogens with zero attached hydrogens (tertiary/aromatic N) is 4. The van der Waals surface area contributed by atoms with Crippen LogP contribution in [0.5, 0.6) is 0 Å². The van der Waals surface area contributed by atoms with E-state index in [0.717, 1.165) is 16.1 Å². The molecule has 1 fully saturated rings. The Morgan fingerprint density at radius 3 is 2.72 bits per heavy atom. The van der Waals surface area contributed by atoms with Crippen molar-refractivity contribution in [2.75, 3.05) is 10.6 Å². The van der Waals surface area contributed by atoms with Gasteiger partial charge in [0.2, 0.25) is 11.1 Å². The molecule has 5 rings (SSSR count). The highest BCUT2D eigenvalue weighted by Gasteiger charge is 2.48. The summed E-state index contributed by atoms with van der Waals surface area (Å²) in [7, 11) is 0. The summed E-state index contributed by atoms with van der Waals surface area (Å²) in [6.45, 7) is 1.92. The minimum absolute atomic E-state index is 0.261. The van der Waals surface area contributed by atoms with Crippen molar-refractivity contribution in [3.63, 3.8) is 0 Å². The number of nitrogens with one attached hydrogen (secondary N) is 3. The van der Waals surface area contributed by atoms with Gasteiger partial charge in [-0.05, 0) is 61.5 Å². The molecule has 4 aromatic rings. The minimum atomic E-state index is -0.923. The lowest BCUT2D eigenvalue weighted by Gasteiger charge is -2.08. The van der Waals surface area contributed by atoms with Crippen molar-refractivity contribution < 1.29 is 14.7 Å². The molecule has 0 unspecified atom stereocenters. The van der Waals surface area contributed by atoms with Crippen molar-refractivity contribution in [3.8, 4) is 0 Å². The van der Waals surface area contributed by atoms with Crippen LogP contribution in [0.4, 0.5) is 17.3 Å². The smallest absolute Gasteiger partial charge is 0.307 e. The Bertz CT molecular complexity index is 1310. The first-order valence-corrected chi connectivity index (χ1v) is 10.7. The molecule has 1 amide bonds. The average Bonchev–Trinajstić information content (AvgIpc) is 3.27. The van der Waals surface area contributed by atoms with Gasteiger partial charge in [-0.25, -0.2) is 9.50 Å². The number of amides is 1. The maximum Gasteiger partial charge on any atom is 0.307 e. The van der Waals surface area contributed by atoms with Crippen LogP contribution in [-0.4, -0.2) is 41.8 Å². The SMILES string of the molecule is Cc1cc(Nc2nc(Sc3ccc(NC(=O)[C@@H]4C[C@@H]4C(=O)O)cc3)nn3cccc23)n[nH]1. The van der Waals surface area contributed by atoms with E-state index in [1.165, 1.54) is 11.8 Å². The number of aromatic amines is 1. The van der Waals surface area contributed by atoms with Gasteiger partial charge in [0, 0.05) is 28.5 Å². The van der Waals surface area contributed by atoms with Crippen LogP contribution in [0.25, 0.3) is 5.52 Å². The van der Waals surface area contributed by atoms with E-state index in [4.69, 9.17) is 5.11 Å². The second-order valence-electron chi connectivity index (χ2n) is 7.54. The number of carbonyl (C=O) groups is 2. The molecule has 0 saturated heterocycles. The van der Waals surface area contributed by atoms with E-state index >= 15 is 0 Å². The number of anilines is 3. The molecule has 3 aromatic heterocycles. The van der Waals surface area contributed by atoms with Gasteiger partial charge in [0.05, 0.1) is 11.8 Å². The van der Waals surface area contributed by atoms with Crippen molar-refractivity contribution in [2.45, 2.75) is 23.4 Å². The Morgan fingerprint density at radius 2 is 2.03 bits per heavy atom. The number of aromatic nitrogens is 5. The van der Waals surface area contributed by atoms with Crippen LogP contribution < -0.4 is 10.6 Å². The summed E-state index contributed by atoms with van der Waals surface area (Å²) in [6, 6.07) is 13.0. The summed E-state index contributed by atoms with van der Waals surface area (Å²) in [5.41, 5.74) is 2.39. The van der Waals surface area contributed by atoms with Crippen LogP contribution in [-0.2, 0) is 9.59 Å². The number of H-pyrrole nitrogens is 1. The number of aliphatic carboxylic acids is 1. The molecule has 1 saturated carbocycles. The number of fused-ring (bicyclic) bond motifs is 1. The molecule has 0 bridgehead atoms. The zero-order valence-corrected chi connectivity index (χ0v) is 17.8. The van der Waals surface area contributed by atoms with Crippen molar-refractivity contribution >= 4 is 46.5 Å². The van der Waals surface area contributed by atoms with Crippen LogP contribution in [0.2, 0.25) is 0 Å². The molecule has 0 radical (unpaired) electrons. The topological polar surface area (TPSA) is 137 Å². The molecular formula is C21H19N7O3S. The van der Waals surface area contributed by atoms with Crippen molar-refractivity contribution in [1.29, 1.82) is 0 Å². The third-order valence-corrected chi connectivity index (χ3v) is 5.96. The quantitative estimate of drug-likeness (QED) is 0.337. The predicted molar refractivity (Wildman–Crippen MR) is 118 cm³/mol. The summed E-state index contributed by atoms with van der Waals surface area (Å²) in [5, 5.41) is 27.1. The van der Waals surface area contributed by atoms with Crippen LogP contribution >= 0.6 is 11.8 Å². The van der Waals surface area contributed by atoms with Crippen LogP contribution in [0.3, 0.4) is 0 Å². The molecule has 1 aliphatic rings. The number of hydrogen-bond donors (Lipinski definition) is 4. The van der Waals surface area contributed by atoms with Crippen LogP contribution in [0.1, 0.15) is 12.1 Å². The number of carboxylic acid groups (broad SMARTS) is 1.